The van der Waals surface area contributed by atoms with Gasteiger partial charge in [0.1, 0.15) is 0 Å². The lowest BCUT2D eigenvalue weighted by Gasteiger charge is -2.24. The predicted molar refractivity (Wildman–Crippen MR) is 57.6 cm³/mol. The van der Waals surface area contributed by atoms with Crippen molar-refractivity contribution in [3.8, 4) is 0 Å². The number of hydrogen-bond donors (Lipinski definition) is 2. The summed E-state index contributed by atoms with van der Waals surface area (Å²) >= 11 is 0. The Morgan fingerprint density at radius 2 is 2.27 bits per heavy atom. The molecule has 15 heavy (non-hydrogen) atoms. The smallest absolute Gasteiger partial charge is 0.363 e. The van der Waals surface area contributed by atoms with E-state index < -0.39 is 4.92 Å². The number of nitro groups is 1. The van der Waals surface area contributed by atoms with Crippen LogP contribution in [0, 0.1) is 10.1 Å². The van der Waals surface area contributed by atoms with Gasteiger partial charge in [0.2, 0.25) is 0 Å². The van der Waals surface area contributed by atoms with Crippen molar-refractivity contribution in [3.05, 3.63) is 28.4 Å². The van der Waals surface area contributed by atoms with Crippen molar-refractivity contribution in [2.24, 2.45) is 5.73 Å². The molecule has 1 aromatic rings. The fourth-order valence-electron chi connectivity index (χ4n) is 1.01. The molecule has 0 spiro atoms. The van der Waals surface area contributed by atoms with Gasteiger partial charge in [-0.15, -0.1) is 0 Å². The fraction of sp³-hybridized carbons (Fsp3) is 0.444. The zero-order valence-corrected chi connectivity index (χ0v) is 8.73. The van der Waals surface area contributed by atoms with Crippen molar-refractivity contribution in [3.63, 3.8) is 0 Å². The molecule has 0 aliphatic heterocycles. The Bertz CT molecular complexity index is 348. The average Bonchev–Trinajstić information content (AvgIpc) is 2.18. The van der Waals surface area contributed by atoms with Crippen molar-refractivity contribution in [2.75, 3.05) is 11.9 Å². The van der Waals surface area contributed by atoms with Crippen molar-refractivity contribution < 1.29 is 4.92 Å². The van der Waals surface area contributed by atoms with Crippen molar-refractivity contribution >= 4 is 11.5 Å². The molecule has 0 bridgehead atoms. The molecule has 0 aromatic carbocycles. The van der Waals surface area contributed by atoms with Gasteiger partial charge < -0.3 is 21.2 Å². The summed E-state index contributed by atoms with van der Waals surface area (Å²) in [5.74, 6) is -0.161. The van der Waals surface area contributed by atoms with Crippen LogP contribution < -0.4 is 11.1 Å². The van der Waals surface area contributed by atoms with Gasteiger partial charge in [-0.2, -0.15) is 0 Å². The van der Waals surface area contributed by atoms with Crippen LogP contribution in [-0.4, -0.2) is 22.0 Å². The average molecular weight is 210 g/mol. The lowest BCUT2D eigenvalue weighted by Crippen LogP contribution is -2.39. The second-order valence-corrected chi connectivity index (χ2v) is 3.88. The minimum Gasteiger partial charge on any atom is -0.376 e. The molecule has 0 saturated heterocycles. The van der Waals surface area contributed by atoms with Crippen LogP contribution in [0.5, 0.6) is 0 Å². The molecule has 0 fully saturated rings. The van der Waals surface area contributed by atoms with Gasteiger partial charge in [-0.05, 0) is 29.8 Å². The first-order chi connectivity index (χ1) is 6.94. The Morgan fingerprint density at radius 1 is 1.60 bits per heavy atom. The van der Waals surface area contributed by atoms with E-state index in [1.807, 2.05) is 13.8 Å². The highest BCUT2D eigenvalue weighted by molar-refractivity contribution is 5.45. The Morgan fingerprint density at radius 3 is 2.67 bits per heavy atom. The number of hydrogen-bond acceptors (Lipinski definition) is 5. The van der Waals surface area contributed by atoms with Gasteiger partial charge in [0.25, 0.3) is 0 Å². The Kier molecular flexibility index (Phi) is 3.21. The molecule has 6 nitrogen and oxygen atoms in total. The molecule has 82 valence electrons. The van der Waals surface area contributed by atoms with Crippen LogP contribution in [0.4, 0.5) is 11.5 Å². The lowest BCUT2D eigenvalue weighted by molar-refractivity contribution is -0.389. The van der Waals surface area contributed by atoms with E-state index in [9.17, 15) is 10.1 Å². The van der Waals surface area contributed by atoms with Crippen LogP contribution in [0.3, 0.4) is 0 Å². The molecular formula is C9H14N4O2. The van der Waals surface area contributed by atoms with Crippen LogP contribution in [0.1, 0.15) is 13.8 Å². The highest BCUT2D eigenvalue weighted by Gasteiger charge is 2.16. The summed E-state index contributed by atoms with van der Waals surface area (Å²) < 4.78 is 0. The van der Waals surface area contributed by atoms with Gasteiger partial charge in [0.05, 0.1) is 5.69 Å². The van der Waals surface area contributed by atoms with Crippen LogP contribution in [0.25, 0.3) is 0 Å². The summed E-state index contributed by atoms with van der Waals surface area (Å²) in [7, 11) is 0. The minimum absolute atomic E-state index is 0.161. The van der Waals surface area contributed by atoms with Gasteiger partial charge in [0, 0.05) is 18.2 Å². The zero-order valence-electron chi connectivity index (χ0n) is 8.73. The van der Waals surface area contributed by atoms with Gasteiger partial charge in [0.15, 0.2) is 6.20 Å². The van der Waals surface area contributed by atoms with Crippen LogP contribution in [0.2, 0.25) is 0 Å². The van der Waals surface area contributed by atoms with E-state index in [0.717, 1.165) is 5.69 Å². The third kappa shape index (κ3) is 3.17. The SMILES string of the molecule is CC(C)(CN)Nc1ccc([N+](=O)[O-])nc1. The van der Waals surface area contributed by atoms with E-state index in [0.29, 0.717) is 6.54 Å². The van der Waals surface area contributed by atoms with Crippen molar-refractivity contribution in [1.82, 2.24) is 4.98 Å². The Labute approximate surface area is 87.7 Å². The lowest BCUT2D eigenvalue weighted by atomic mass is 10.1. The quantitative estimate of drug-likeness (QED) is 0.574. The standard InChI is InChI=1S/C9H14N4O2/c1-9(2,6-10)12-7-3-4-8(11-5-7)13(14)15/h3-5,12H,6,10H2,1-2H3. The molecule has 0 radical (unpaired) electrons. The third-order valence-corrected chi connectivity index (χ3v) is 1.93. The van der Waals surface area contributed by atoms with Crippen LogP contribution >= 0.6 is 0 Å². The summed E-state index contributed by atoms with van der Waals surface area (Å²) in [6.45, 7) is 4.34. The number of rotatable bonds is 4. The van der Waals surface area contributed by atoms with E-state index in [4.69, 9.17) is 5.73 Å². The molecule has 0 unspecified atom stereocenters. The molecular weight excluding hydrogens is 196 g/mol. The molecule has 0 amide bonds. The molecule has 0 saturated carbocycles. The molecule has 0 atom stereocenters. The molecule has 0 aliphatic carbocycles. The largest absolute Gasteiger partial charge is 0.376 e. The predicted octanol–water partition coefficient (Wildman–Crippen LogP) is 1.14. The van der Waals surface area contributed by atoms with E-state index in [1.165, 1.54) is 12.3 Å². The van der Waals surface area contributed by atoms with Gasteiger partial charge >= 0.3 is 5.82 Å². The highest BCUT2D eigenvalue weighted by Crippen LogP contribution is 2.15. The second-order valence-electron chi connectivity index (χ2n) is 3.88. The maximum absolute atomic E-state index is 10.4. The van der Waals surface area contributed by atoms with Gasteiger partial charge in [-0.1, -0.05) is 0 Å². The number of anilines is 1. The van der Waals surface area contributed by atoms with Gasteiger partial charge in [-0.25, -0.2) is 0 Å². The van der Waals surface area contributed by atoms with E-state index in [-0.39, 0.29) is 11.4 Å². The monoisotopic (exact) mass is 210 g/mol. The number of nitrogens with one attached hydrogen (secondary N) is 1. The number of nitrogens with zero attached hydrogens (tertiary/aromatic N) is 2. The summed E-state index contributed by atoms with van der Waals surface area (Å²) in [5, 5.41) is 13.5. The van der Waals surface area contributed by atoms with Gasteiger partial charge in [-0.3, -0.25) is 0 Å². The fourth-order valence-corrected chi connectivity index (χ4v) is 1.01. The minimum atomic E-state index is -0.530. The maximum Gasteiger partial charge on any atom is 0.363 e. The molecule has 1 rings (SSSR count). The summed E-state index contributed by atoms with van der Waals surface area (Å²) in [4.78, 5) is 13.5. The Balaban J connectivity index is 2.77. The van der Waals surface area contributed by atoms with E-state index in [2.05, 4.69) is 10.3 Å². The number of aromatic nitrogens is 1. The highest BCUT2D eigenvalue weighted by atomic mass is 16.6. The van der Waals surface area contributed by atoms with Crippen molar-refractivity contribution in [1.29, 1.82) is 0 Å². The normalized spacial score (nSPS) is 11.1. The van der Waals surface area contributed by atoms with E-state index >= 15 is 0 Å². The van der Waals surface area contributed by atoms with Crippen LogP contribution in [-0.2, 0) is 0 Å². The number of pyridine rings is 1. The maximum atomic E-state index is 10.4. The molecule has 6 heteroatoms. The van der Waals surface area contributed by atoms with Crippen molar-refractivity contribution in [2.45, 2.75) is 19.4 Å². The first kappa shape index (κ1) is 11.4. The molecule has 1 aromatic heterocycles. The molecule has 3 N–H and O–H groups in total. The first-order valence-electron chi connectivity index (χ1n) is 4.53. The number of nitrogens with two attached hydrogens (primary N) is 1. The summed E-state index contributed by atoms with van der Waals surface area (Å²) in [5.41, 5.74) is 6.01. The second kappa shape index (κ2) is 4.22. The van der Waals surface area contributed by atoms with Crippen LogP contribution in [0.15, 0.2) is 18.3 Å². The molecule has 0 aliphatic rings. The topological polar surface area (TPSA) is 94.1 Å². The summed E-state index contributed by atoms with van der Waals surface area (Å²) in [6, 6.07) is 2.97. The first-order valence-corrected chi connectivity index (χ1v) is 4.53. The Hall–Kier alpha value is -1.69. The summed E-state index contributed by atoms with van der Waals surface area (Å²) in [6.07, 6.45) is 1.43. The van der Waals surface area contributed by atoms with E-state index in [1.54, 1.807) is 6.07 Å². The molecule has 1 heterocycles. The zero-order chi connectivity index (χ0) is 11.5. The third-order valence-electron chi connectivity index (χ3n) is 1.93.